The predicted octanol–water partition coefficient (Wildman–Crippen LogP) is 1.13. The largest absolute Gasteiger partial charge is 0.478 e. The molecule has 0 radical (unpaired) electrons. The first-order chi connectivity index (χ1) is 11.1. The van der Waals surface area contributed by atoms with Crippen molar-refractivity contribution in [2.24, 2.45) is 0 Å². The Morgan fingerprint density at radius 3 is 2.17 bits per heavy atom. The van der Waals surface area contributed by atoms with E-state index in [1.165, 1.54) is 6.92 Å². The van der Waals surface area contributed by atoms with Crippen LogP contribution in [-0.4, -0.2) is 45.8 Å². The van der Waals surface area contributed by atoms with Crippen LogP contribution in [0.5, 0.6) is 0 Å². The Bertz CT molecular complexity index is 693. The number of amides is 2. The third-order valence-corrected chi connectivity index (χ3v) is 6.31. The first kappa shape index (κ1) is 21.8. The van der Waals surface area contributed by atoms with Crippen LogP contribution in [0.25, 0.3) is 0 Å². The number of hydrogen-bond donors (Lipinski definition) is 5. The minimum absolute atomic E-state index is 0.00856. The van der Waals surface area contributed by atoms with Gasteiger partial charge in [0.2, 0.25) is 5.91 Å². The second kappa shape index (κ2) is 9.44. The number of carbonyl (C=O) groups is 3. The van der Waals surface area contributed by atoms with E-state index in [9.17, 15) is 24.6 Å². The van der Waals surface area contributed by atoms with E-state index in [4.69, 9.17) is 5.11 Å². The molecular weight excluding hydrogens is 661 g/mol. The van der Waals surface area contributed by atoms with Crippen LogP contribution in [0.4, 0.5) is 5.69 Å². The Balaban J connectivity index is 3.47. The van der Waals surface area contributed by atoms with Gasteiger partial charge in [0.05, 0.1) is 14.8 Å². The van der Waals surface area contributed by atoms with Crippen molar-refractivity contribution in [1.29, 1.82) is 0 Å². The average Bonchev–Trinajstić information content (AvgIpc) is 2.50. The molecule has 0 saturated carbocycles. The first-order valence-electron chi connectivity index (χ1n) is 6.40. The first-order valence-corrected chi connectivity index (χ1v) is 9.64. The zero-order valence-corrected chi connectivity index (χ0v) is 18.7. The zero-order chi connectivity index (χ0) is 18.6. The molecule has 0 saturated heterocycles. The van der Waals surface area contributed by atoms with Gasteiger partial charge < -0.3 is 26.0 Å². The Morgan fingerprint density at radius 1 is 1.12 bits per heavy atom. The molecule has 0 aliphatic rings. The number of nitrogens with one attached hydrogen (secondary N) is 2. The predicted molar refractivity (Wildman–Crippen MR) is 111 cm³/mol. The van der Waals surface area contributed by atoms with Crippen LogP contribution in [0.2, 0.25) is 0 Å². The van der Waals surface area contributed by atoms with E-state index in [0.29, 0.717) is 16.3 Å². The molecule has 1 aromatic carbocycles. The van der Waals surface area contributed by atoms with E-state index in [-0.39, 0.29) is 17.8 Å². The number of aliphatic hydroxyl groups is 2. The summed E-state index contributed by atoms with van der Waals surface area (Å²) in [5.74, 6) is -2.46. The Labute approximate surface area is 178 Å². The normalized spacial score (nSPS) is 11.8. The van der Waals surface area contributed by atoms with Gasteiger partial charge >= 0.3 is 5.97 Å². The monoisotopic (exact) mass is 674 g/mol. The Hall–Kier alpha value is -0.260. The molecule has 24 heavy (non-hydrogen) atoms. The van der Waals surface area contributed by atoms with Crippen molar-refractivity contribution in [2.75, 3.05) is 11.9 Å². The van der Waals surface area contributed by atoms with Gasteiger partial charge in [-0.05, 0) is 74.7 Å². The molecule has 0 aliphatic carbocycles. The van der Waals surface area contributed by atoms with Gasteiger partial charge in [-0.25, -0.2) is 4.79 Å². The molecule has 8 nitrogen and oxygen atoms in total. The number of carbonyl (C=O) groups excluding carboxylic acids is 2. The fraction of sp³-hybridized carbons (Fsp3) is 0.308. The molecule has 0 aliphatic heterocycles. The number of benzene rings is 1. The zero-order valence-electron chi connectivity index (χ0n) is 12.2. The molecule has 0 spiro atoms. The number of aromatic carboxylic acids is 1. The third-order valence-electron chi connectivity index (χ3n) is 2.86. The maximum atomic E-state index is 11.8. The van der Waals surface area contributed by atoms with E-state index in [1.807, 2.05) is 67.8 Å². The molecule has 0 aromatic heterocycles. The van der Waals surface area contributed by atoms with E-state index < -0.39 is 30.5 Å². The lowest BCUT2D eigenvalue weighted by molar-refractivity contribution is -0.124. The van der Waals surface area contributed by atoms with Gasteiger partial charge in [-0.1, -0.05) is 0 Å². The molecule has 1 aromatic rings. The molecular formula is C13H13I3N2O6. The van der Waals surface area contributed by atoms with Crippen LogP contribution in [0.1, 0.15) is 22.8 Å². The quantitative estimate of drug-likeness (QED) is 0.288. The van der Waals surface area contributed by atoms with Crippen LogP contribution in [0, 0.1) is 10.7 Å². The Morgan fingerprint density at radius 2 is 1.71 bits per heavy atom. The lowest BCUT2D eigenvalue weighted by atomic mass is 10.1. The van der Waals surface area contributed by atoms with Crippen molar-refractivity contribution < 1.29 is 29.7 Å². The van der Waals surface area contributed by atoms with E-state index >= 15 is 0 Å². The molecule has 1 rings (SSSR count). The van der Waals surface area contributed by atoms with Crippen LogP contribution < -0.4 is 10.6 Å². The summed E-state index contributed by atoms with van der Waals surface area (Å²) >= 11 is 5.61. The molecule has 1 unspecified atom stereocenters. The number of carboxylic acids is 1. The smallest absolute Gasteiger partial charge is 0.337 e. The highest BCUT2D eigenvalue weighted by molar-refractivity contribution is 14.1. The van der Waals surface area contributed by atoms with E-state index in [1.54, 1.807) is 0 Å². The summed E-state index contributed by atoms with van der Waals surface area (Å²) in [5, 5.41) is 32.6. The summed E-state index contributed by atoms with van der Waals surface area (Å²) < 4.78 is 1.28. The van der Waals surface area contributed by atoms with E-state index in [2.05, 4.69) is 10.6 Å². The maximum Gasteiger partial charge on any atom is 0.337 e. The summed E-state index contributed by atoms with van der Waals surface area (Å²) in [6, 6.07) is 0. The highest BCUT2D eigenvalue weighted by atomic mass is 127. The molecule has 2 amide bonds. The van der Waals surface area contributed by atoms with Crippen LogP contribution in [0.15, 0.2) is 0 Å². The van der Waals surface area contributed by atoms with Crippen molar-refractivity contribution >= 4 is 91.2 Å². The lowest BCUT2D eigenvalue weighted by Gasteiger charge is -2.19. The number of carboxylic acid groups (broad SMARTS) is 1. The van der Waals surface area contributed by atoms with Gasteiger partial charge in [-0.2, -0.15) is 0 Å². The average molecular weight is 674 g/mol. The molecule has 0 fully saturated rings. The van der Waals surface area contributed by atoms with Crippen molar-refractivity contribution in [3.05, 3.63) is 21.8 Å². The summed E-state index contributed by atoms with van der Waals surface area (Å²) in [5.41, 5.74) is 0.746. The molecule has 5 N–H and O–H groups in total. The fourth-order valence-corrected chi connectivity index (χ4v) is 5.92. The van der Waals surface area contributed by atoms with Gasteiger partial charge in [-0.3, -0.25) is 9.59 Å². The number of rotatable bonds is 6. The van der Waals surface area contributed by atoms with Crippen LogP contribution in [0.3, 0.4) is 0 Å². The van der Waals surface area contributed by atoms with Crippen molar-refractivity contribution in [3.8, 4) is 0 Å². The minimum Gasteiger partial charge on any atom is -0.478 e. The third kappa shape index (κ3) is 5.12. The number of aliphatic hydroxyl groups excluding tert-OH is 2. The maximum absolute atomic E-state index is 11.8. The SMILES string of the molecule is CC(O)C(=O)Nc1c(I)c(CNC(=O)CO)c(I)c(C(=O)O)c1I. The van der Waals surface area contributed by atoms with Gasteiger partial charge in [0.15, 0.2) is 0 Å². The summed E-state index contributed by atoms with van der Waals surface area (Å²) in [7, 11) is 0. The number of halogens is 3. The van der Waals surface area contributed by atoms with Crippen LogP contribution >= 0.6 is 67.8 Å². The van der Waals surface area contributed by atoms with Gasteiger partial charge in [0.25, 0.3) is 5.91 Å². The standard InChI is InChI=1S/C13H13I3N2O6/c1-4(20)12(22)18-11-9(15)5(2-17-6(21)3-19)8(14)7(10(11)16)13(23)24/h4,19-20H,2-3H2,1H3,(H,17,21)(H,18,22)(H,23,24). The molecule has 11 heteroatoms. The second-order valence-electron chi connectivity index (χ2n) is 4.58. The summed E-state index contributed by atoms with van der Waals surface area (Å²) in [6.07, 6.45) is -1.26. The highest BCUT2D eigenvalue weighted by Gasteiger charge is 2.26. The molecule has 1 atom stereocenters. The highest BCUT2D eigenvalue weighted by Crippen LogP contribution is 2.35. The second-order valence-corrected chi connectivity index (χ2v) is 7.81. The van der Waals surface area contributed by atoms with E-state index in [0.717, 1.165) is 0 Å². The molecule has 0 bridgehead atoms. The summed E-state index contributed by atoms with van der Waals surface area (Å²) in [4.78, 5) is 34.6. The summed E-state index contributed by atoms with van der Waals surface area (Å²) in [6.45, 7) is 0.599. The lowest BCUT2D eigenvalue weighted by Crippen LogP contribution is -2.29. The van der Waals surface area contributed by atoms with Crippen LogP contribution in [-0.2, 0) is 16.1 Å². The molecule has 132 valence electrons. The van der Waals surface area contributed by atoms with Gasteiger partial charge in [0.1, 0.15) is 12.7 Å². The number of anilines is 1. The van der Waals surface area contributed by atoms with Gasteiger partial charge in [-0.15, -0.1) is 0 Å². The van der Waals surface area contributed by atoms with Crippen molar-refractivity contribution in [2.45, 2.75) is 19.6 Å². The Kier molecular flexibility index (Phi) is 8.57. The topological polar surface area (TPSA) is 136 Å². The minimum atomic E-state index is -1.26. The van der Waals surface area contributed by atoms with Crippen molar-refractivity contribution in [3.63, 3.8) is 0 Å². The fourth-order valence-electron chi connectivity index (χ4n) is 1.64. The number of hydrogen-bond acceptors (Lipinski definition) is 5. The molecule has 0 heterocycles. The van der Waals surface area contributed by atoms with Crippen molar-refractivity contribution in [1.82, 2.24) is 5.32 Å². The van der Waals surface area contributed by atoms with Gasteiger partial charge in [0, 0.05) is 19.2 Å².